The van der Waals surface area contributed by atoms with Crippen molar-refractivity contribution in [1.29, 1.82) is 0 Å². The van der Waals surface area contributed by atoms with Crippen LogP contribution < -0.4 is 16.0 Å². The van der Waals surface area contributed by atoms with E-state index in [9.17, 15) is 53.4 Å². The highest BCUT2D eigenvalue weighted by Gasteiger charge is 2.38. The van der Waals surface area contributed by atoms with E-state index in [0.29, 0.717) is 51.1 Å². The van der Waals surface area contributed by atoms with Crippen molar-refractivity contribution in [3.63, 3.8) is 0 Å². The van der Waals surface area contributed by atoms with Gasteiger partial charge in [0.15, 0.2) is 0 Å². The lowest BCUT2D eigenvalue weighted by Crippen LogP contribution is -2.41. The number of nitrogens with one attached hydrogen (secondary N) is 3. The van der Waals surface area contributed by atoms with Gasteiger partial charge in [-0.15, -0.1) is 0 Å². The van der Waals surface area contributed by atoms with E-state index >= 15 is 0 Å². The van der Waals surface area contributed by atoms with Crippen LogP contribution in [0.2, 0.25) is 0 Å². The van der Waals surface area contributed by atoms with Gasteiger partial charge in [0.1, 0.15) is 36.6 Å². The van der Waals surface area contributed by atoms with Crippen LogP contribution in [0.5, 0.6) is 0 Å². The maximum Gasteiger partial charge on any atom is 0.333 e. The van der Waals surface area contributed by atoms with Crippen LogP contribution in [0.15, 0.2) is 72.8 Å². The number of amides is 3. The first-order valence-corrected chi connectivity index (χ1v) is 35.8. The van der Waals surface area contributed by atoms with Crippen LogP contribution in [0.25, 0.3) is 0 Å². The van der Waals surface area contributed by atoms with Crippen LogP contribution in [0.4, 0.5) is 11.4 Å². The third-order valence-electron chi connectivity index (χ3n) is 16.6. The molecular weight excluding hydrogens is 1360 g/mol. The molecule has 26 nitrogen and oxygen atoms in total. The van der Waals surface area contributed by atoms with Crippen LogP contribution >= 0.6 is 0 Å². The smallest absolute Gasteiger partial charge is 0.333 e. The Morgan fingerprint density at radius 2 is 1.00 bits per heavy atom. The number of esters is 5. The van der Waals surface area contributed by atoms with Gasteiger partial charge in [0.2, 0.25) is 17.7 Å². The molecule has 3 rings (SSSR count). The fourth-order valence-corrected chi connectivity index (χ4v) is 8.71. The summed E-state index contributed by atoms with van der Waals surface area (Å²) in [4.78, 5) is 105. The second-order valence-corrected chi connectivity index (χ2v) is 27.9. The van der Waals surface area contributed by atoms with E-state index in [2.05, 4.69) is 69.0 Å². The molecule has 1 aliphatic rings. The van der Waals surface area contributed by atoms with Crippen LogP contribution in [0, 0.1) is 27.6 Å². The number of ether oxygens (including phenoxy) is 10. The minimum Gasteiger partial charge on any atom is -0.469 e. The van der Waals surface area contributed by atoms with Crippen LogP contribution in [-0.2, 0) is 102 Å². The minimum atomic E-state index is -1.11. The number of rotatable bonds is 39. The van der Waals surface area contributed by atoms with Crippen molar-refractivity contribution >= 4 is 64.7 Å². The third kappa shape index (κ3) is 53.4. The number of methoxy groups -OCH3 is 6. The minimum absolute atomic E-state index is 0.00722. The SMILES string of the molecule is C=C(C)C(=O)OCC(O)COC(=O)C(C)(COC)COC.C=C(C)C(=O)OCC1CCC(OC(=O)C(C)(C)CC)C(O)C1.CC(=O)CCCCCCCNC(C)=O.CC(=O)Nc1ccc(Cc2ccc(NC(C)=O)cc2)cc1.CCC(C)(C)C(=O)OC.CCC(C)(C)C(CCOC)OO.COCCOC. The quantitative estimate of drug-likeness (QED) is 0.00904. The van der Waals surface area contributed by atoms with E-state index in [-0.39, 0.29) is 96.9 Å². The zero-order valence-corrected chi connectivity index (χ0v) is 67.7. The molecule has 0 heterocycles. The topological polar surface area (TPSA) is 352 Å². The molecule has 0 radical (unpaired) electrons. The molecule has 3 amide bonds. The summed E-state index contributed by atoms with van der Waals surface area (Å²) in [5.41, 5.74) is 2.72. The first kappa shape index (κ1) is 104. The van der Waals surface area contributed by atoms with Gasteiger partial charge in [0, 0.05) is 105 Å². The lowest BCUT2D eigenvalue weighted by molar-refractivity contribution is -0.304. The van der Waals surface area contributed by atoms with Gasteiger partial charge in [0.25, 0.3) is 0 Å². The summed E-state index contributed by atoms with van der Waals surface area (Å²) in [5, 5.41) is 36.7. The largest absolute Gasteiger partial charge is 0.469 e. The Kier molecular flexibility index (Phi) is 59.7. The summed E-state index contributed by atoms with van der Waals surface area (Å²) < 4.78 is 49.1. The predicted molar refractivity (Wildman–Crippen MR) is 407 cm³/mol. The molecule has 1 fully saturated rings. The number of aliphatic hydroxyl groups is 2. The summed E-state index contributed by atoms with van der Waals surface area (Å²) in [6, 6.07) is 15.5. The number of hydrogen-bond acceptors (Lipinski definition) is 23. The fraction of sp³-hybridized carbons (Fsp3) is 0.684. The van der Waals surface area contributed by atoms with Gasteiger partial charge >= 0.3 is 29.8 Å². The molecule has 0 bridgehead atoms. The monoisotopic (exact) mass is 1490 g/mol. The average molecular weight is 1490 g/mol. The van der Waals surface area contributed by atoms with Gasteiger partial charge < -0.3 is 78.3 Å². The van der Waals surface area contributed by atoms with Crippen molar-refractivity contribution in [1.82, 2.24) is 5.32 Å². The molecule has 0 spiro atoms. The number of benzene rings is 2. The number of ketones is 1. The Balaban J connectivity index is -0.000000586. The van der Waals surface area contributed by atoms with E-state index < -0.39 is 47.0 Å². The Morgan fingerprint density at radius 3 is 1.38 bits per heavy atom. The zero-order chi connectivity index (χ0) is 81.4. The van der Waals surface area contributed by atoms with Gasteiger partial charge in [-0.2, -0.15) is 0 Å². The lowest BCUT2D eigenvalue weighted by atomic mass is 9.82. The molecular formula is C79H135N3O23. The molecule has 5 unspecified atom stereocenters. The maximum absolute atomic E-state index is 12.1. The summed E-state index contributed by atoms with van der Waals surface area (Å²) in [7, 11) is 9.30. The molecule has 2 aromatic rings. The van der Waals surface area contributed by atoms with Crippen LogP contribution in [-0.4, -0.2) is 195 Å². The van der Waals surface area contributed by atoms with Crippen molar-refractivity contribution in [2.24, 2.45) is 27.6 Å². The van der Waals surface area contributed by atoms with Crippen LogP contribution in [0.3, 0.4) is 0 Å². The Morgan fingerprint density at radius 1 is 0.552 bits per heavy atom. The first-order chi connectivity index (χ1) is 49.1. The van der Waals surface area contributed by atoms with Crippen molar-refractivity contribution < 1.29 is 111 Å². The normalized spacial score (nSPS) is 14.3. The van der Waals surface area contributed by atoms with E-state index in [4.69, 9.17) is 38.4 Å². The Hall–Kier alpha value is -7.01. The summed E-state index contributed by atoms with van der Waals surface area (Å²) >= 11 is 0. The molecule has 1 aliphatic carbocycles. The van der Waals surface area contributed by atoms with Gasteiger partial charge in [-0.1, -0.05) is 91.3 Å². The summed E-state index contributed by atoms with van der Waals surface area (Å²) in [6.07, 6.45) is 9.59. The standard InChI is InChI=1S/C17H18N2O2.C17H28O5.C14H24O7.C11H21NO2.C9H20O3.C7H14O2.C4H10O2/c1-12(20)18-16-7-3-14(4-8-16)11-15-5-9-17(10-6-15)19-13(2)21;1-6-17(4,5)16(20)22-14-8-7-12(9-13(14)18)10-21-15(19)11(2)3;1-10(2)12(16)20-6-11(15)7-21-13(17)14(3,8-18-4)9-19-5;1-10(13)8-6-4-3-5-7-9-12-11(2)14;1-5-9(2,3)8(12-10)6-7-11-4;1-5-7(2,3)6(8)9-4;1-5-3-4-6-2/h3-10H,11H2,1-2H3,(H,18,20)(H,19,21);12-14,18H,2,6-10H2,1,3-5H3;11,15H,1,6-9H2,2-5H3;3-9H2,1-2H3,(H,12,14);8,10H,5-7H2,1-4H3;5H2,1-4H3;3-4H2,1-2H3. The molecule has 0 aliphatic heterocycles. The second kappa shape index (κ2) is 60.1. The van der Waals surface area contributed by atoms with Gasteiger partial charge in [-0.3, -0.25) is 34.0 Å². The molecule has 6 N–H and O–H groups in total. The third-order valence-corrected chi connectivity index (χ3v) is 16.6. The fourth-order valence-electron chi connectivity index (χ4n) is 8.71. The van der Waals surface area contributed by atoms with Gasteiger partial charge in [0.05, 0.1) is 63.2 Å². The molecule has 604 valence electrons. The molecule has 5 atom stereocenters. The first-order valence-electron chi connectivity index (χ1n) is 35.8. The van der Waals surface area contributed by atoms with E-state index in [1.807, 2.05) is 90.1 Å². The summed E-state index contributed by atoms with van der Waals surface area (Å²) in [5.74, 6) is -1.71. The number of aliphatic hydroxyl groups excluding tert-OH is 2. The van der Waals surface area contributed by atoms with Gasteiger partial charge in [-0.05, 0) is 160 Å². The highest BCUT2D eigenvalue weighted by Crippen LogP contribution is 2.31. The Bertz CT molecular complexity index is 2680. The number of Topliss-reactive ketones (excluding diaryl/α,β-unsaturated/α-hetero) is 1. The maximum atomic E-state index is 12.1. The second-order valence-electron chi connectivity index (χ2n) is 27.9. The lowest BCUT2D eigenvalue weighted by Gasteiger charge is -2.34. The molecule has 1 saturated carbocycles. The molecule has 105 heavy (non-hydrogen) atoms. The molecule has 0 saturated heterocycles. The summed E-state index contributed by atoms with van der Waals surface area (Å²) in [6.45, 7) is 38.1. The van der Waals surface area contributed by atoms with E-state index in [0.717, 1.165) is 93.3 Å². The van der Waals surface area contributed by atoms with Crippen molar-refractivity contribution in [3.8, 4) is 0 Å². The van der Waals surface area contributed by atoms with Gasteiger partial charge in [-0.25, -0.2) is 14.5 Å². The number of anilines is 2. The average Bonchev–Trinajstić information content (AvgIpc) is 0.855. The molecule has 0 aromatic heterocycles. The van der Waals surface area contributed by atoms with E-state index in [1.54, 1.807) is 42.1 Å². The van der Waals surface area contributed by atoms with Crippen molar-refractivity contribution in [2.75, 3.05) is 113 Å². The molecule has 2 aromatic carbocycles. The number of hydrogen-bond donors (Lipinski definition) is 6. The number of carbonyl (C=O) groups is 9. The number of unbranched alkanes of at least 4 members (excludes halogenated alkanes) is 4. The molecule has 26 heteroatoms. The van der Waals surface area contributed by atoms with Crippen molar-refractivity contribution in [2.45, 2.75) is 225 Å². The van der Waals surface area contributed by atoms with E-state index in [1.165, 1.54) is 49.0 Å². The Labute approximate surface area is 627 Å². The highest BCUT2D eigenvalue weighted by atomic mass is 17.1. The van der Waals surface area contributed by atoms with Crippen LogP contribution in [0.1, 0.15) is 205 Å². The van der Waals surface area contributed by atoms with Crippen molar-refractivity contribution in [3.05, 3.63) is 84.0 Å². The highest BCUT2D eigenvalue weighted by molar-refractivity contribution is 5.89. The predicted octanol–water partition coefficient (Wildman–Crippen LogP) is 12.4. The zero-order valence-electron chi connectivity index (χ0n) is 67.7. The number of carbonyl (C=O) groups excluding carboxylic acids is 9.